The fourth-order valence-corrected chi connectivity index (χ4v) is 1.90. The quantitative estimate of drug-likeness (QED) is 0.821. The first kappa shape index (κ1) is 12.7. The van der Waals surface area contributed by atoms with Gasteiger partial charge < -0.3 is 5.32 Å². The fraction of sp³-hybridized carbons (Fsp3) is 0.538. The minimum absolute atomic E-state index is 0.233. The van der Waals surface area contributed by atoms with E-state index in [9.17, 15) is 0 Å². The van der Waals surface area contributed by atoms with Crippen molar-refractivity contribution in [3.05, 3.63) is 34.3 Å². The molecule has 0 aromatic heterocycles. The maximum Gasteiger partial charge on any atom is 0.0177 e. The highest BCUT2D eigenvalue weighted by atomic mass is 79.9. The first-order chi connectivity index (χ1) is 6.97. The molecule has 0 heterocycles. The second-order valence-electron chi connectivity index (χ2n) is 4.91. The number of hydrogen-bond acceptors (Lipinski definition) is 1. The monoisotopic (exact) mass is 269 g/mol. The number of halogens is 1. The Morgan fingerprint density at radius 2 is 2.00 bits per heavy atom. The lowest BCUT2D eigenvalue weighted by molar-refractivity contribution is 0.422. The summed E-state index contributed by atoms with van der Waals surface area (Å²) in [5, 5.41) is 3.50. The zero-order valence-electron chi connectivity index (χ0n) is 9.81. The van der Waals surface area contributed by atoms with Crippen molar-refractivity contribution in [2.45, 2.75) is 39.2 Å². The number of benzene rings is 1. The zero-order valence-corrected chi connectivity index (χ0v) is 11.4. The van der Waals surface area contributed by atoms with Crippen LogP contribution < -0.4 is 5.32 Å². The van der Waals surface area contributed by atoms with E-state index >= 15 is 0 Å². The third kappa shape index (κ3) is 5.95. The molecule has 0 saturated heterocycles. The van der Waals surface area contributed by atoms with Crippen LogP contribution in [-0.4, -0.2) is 12.1 Å². The highest BCUT2D eigenvalue weighted by Crippen LogP contribution is 2.12. The predicted molar refractivity (Wildman–Crippen MR) is 70.2 cm³/mol. The van der Waals surface area contributed by atoms with Crippen molar-refractivity contribution >= 4 is 15.9 Å². The van der Waals surface area contributed by atoms with E-state index in [-0.39, 0.29) is 5.54 Å². The van der Waals surface area contributed by atoms with Crippen molar-refractivity contribution < 1.29 is 0 Å². The minimum Gasteiger partial charge on any atom is -0.312 e. The lowest BCUT2D eigenvalue weighted by atomic mass is 10.1. The van der Waals surface area contributed by atoms with Gasteiger partial charge in [0.2, 0.25) is 0 Å². The third-order valence-electron chi connectivity index (χ3n) is 2.19. The van der Waals surface area contributed by atoms with E-state index in [0.717, 1.165) is 13.0 Å². The second kappa shape index (κ2) is 5.66. The first-order valence-corrected chi connectivity index (χ1v) is 6.26. The van der Waals surface area contributed by atoms with Crippen LogP contribution in [0.25, 0.3) is 0 Å². The molecule has 0 spiro atoms. The van der Waals surface area contributed by atoms with Crippen LogP contribution in [0.2, 0.25) is 0 Å². The molecule has 15 heavy (non-hydrogen) atoms. The molecule has 84 valence electrons. The maximum absolute atomic E-state index is 3.50. The highest BCUT2D eigenvalue weighted by Gasteiger charge is 2.07. The molecule has 0 atom stereocenters. The molecule has 0 radical (unpaired) electrons. The highest BCUT2D eigenvalue weighted by molar-refractivity contribution is 9.10. The largest absolute Gasteiger partial charge is 0.312 e. The number of rotatable bonds is 4. The SMILES string of the molecule is CC(C)(C)NCCCc1cccc(Br)c1. The van der Waals surface area contributed by atoms with Gasteiger partial charge in [0.25, 0.3) is 0 Å². The van der Waals surface area contributed by atoms with Crippen LogP contribution >= 0.6 is 15.9 Å². The Morgan fingerprint density at radius 1 is 1.27 bits per heavy atom. The Hall–Kier alpha value is -0.340. The molecule has 1 N–H and O–H groups in total. The predicted octanol–water partition coefficient (Wildman–Crippen LogP) is 3.77. The number of aryl methyl sites for hydroxylation is 1. The van der Waals surface area contributed by atoms with Crippen LogP contribution in [0.4, 0.5) is 0 Å². The van der Waals surface area contributed by atoms with Crippen molar-refractivity contribution in [2.75, 3.05) is 6.54 Å². The number of hydrogen-bond donors (Lipinski definition) is 1. The normalized spacial score (nSPS) is 11.7. The summed E-state index contributed by atoms with van der Waals surface area (Å²) in [6.45, 7) is 7.68. The van der Waals surface area contributed by atoms with Gasteiger partial charge in [-0.05, 0) is 57.9 Å². The lowest BCUT2D eigenvalue weighted by Crippen LogP contribution is -2.36. The molecule has 1 rings (SSSR count). The van der Waals surface area contributed by atoms with Gasteiger partial charge in [-0.25, -0.2) is 0 Å². The van der Waals surface area contributed by atoms with Gasteiger partial charge in [0, 0.05) is 10.0 Å². The van der Waals surface area contributed by atoms with E-state index in [1.807, 2.05) is 0 Å². The van der Waals surface area contributed by atoms with E-state index in [1.165, 1.54) is 16.5 Å². The minimum atomic E-state index is 0.233. The molecule has 0 aliphatic rings. The summed E-state index contributed by atoms with van der Waals surface area (Å²) in [5.74, 6) is 0. The van der Waals surface area contributed by atoms with E-state index in [0.29, 0.717) is 0 Å². The molecule has 0 saturated carbocycles. The van der Waals surface area contributed by atoms with E-state index in [1.54, 1.807) is 0 Å². The average molecular weight is 270 g/mol. The summed E-state index contributed by atoms with van der Waals surface area (Å²) in [6, 6.07) is 8.53. The maximum atomic E-state index is 3.50. The first-order valence-electron chi connectivity index (χ1n) is 5.47. The van der Waals surface area contributed by atoms with Gasteiger partial charge >= 0.3 is 0 Å². The average Bonchev–Trinajstić information content (AvgIpc) is 2.11. The summed E-state index contributed by atoms with van der Waals surface area (Å²) >= 11 is 3.49. The van der Waals surface area contributed by atoms with Gasteiger partial charge in [0.1, 0.15) is 0 Å². The molecular weight excluding hydrogens is 250 g/mol. The molecule has 0 bridgehead atoms. The molecule has 0 amide bonds. The molecule has 2 heteroatoms. The van der Waals surface area contributed by atoms with Crippen LogP contribution in [-0.2, 0) is 6.42 Å². The van der Waals surface area contributed by atoms with Gasteiger partial charge in [0.05, 0.1) is 0 Å². The van der Waals surface area contributed by atoms with Crippen molar-refractivity contribution in [1.82, 2.24) is 5.32 Å². The van der Waals surface area contributed by atoms with E-state index in [2.05, 4.69) is 66.3 Å². The molecule has 0 aliphatic carbocycles. The Morgan fingerprint density at radius 3 is 2.60 bits per heavy atom. The van der Waals surface area contributed by atoms with E-state index < -0.39 is 0 Å². The third-order valence-corrected chi connectivity index (χ3v) is 2.68. The summed E-state index contributed by atoms with van der Waals surface area (Å²) in [6.07, 6.45) is 2.33. The van der Waals surface area contributed by atoms with Gasteiger partial charge in [-0.15, -0.1) is 0 Å². The van der Waals surface area contributed by atoms with Gasteiger partial charge in [-0.3, -0.25) is 0 Å². The summed E-state index contributed by atoms with van der Waals surface area (Å²) in [5.41, 5.74) is 1.64. The summed E-state index contributed by atoms with van der Waals surface area (Å²) in [4.78, 5) is 0. The molecule has 1 aromatic carbocycles. The molecule has 0 unspecified atom stereocenters. The van der Waals surface area contributed by atoms with Crippen LogP contribution in [0.3, 0.4) is 0 Å². The topological polar surface area (TPSA) is 12.0 Å². The summed E-state index contributed by atoms with van der Waals surface area (Å²) < 4.78 is 1.17. The molecular formula is C13H20BrN. The van der Waals surface area contributed by atoms with Crippen LogP contribution in [0.5, 0.6) is 0 Å². The van der Waals surface area contributed by atoms with Crippen molar-refractivity contribution in [1.29, 1.82) is 0 Å². The molecule has 1 nitrogen and oxygen atoms in total. The Kier molecular flexibility index (Phi) is 4.81. The lowest BCUT2D eigenvalue weighted by Gasteiger charge is -2.20. The van der Waals surface area contributed by atoms with Gasteiger partial charge in [-0.1, -0.05) is 28.1 Å². The van der Waals surface area contributed by atoms with Crippen LogP contribution in [0.1, 0.15) is 32.8 Å². The van der Waals surface area contributed by atoms with Crippen LogP contribution in [0.15, 0.2) is 28.7 Å². The number of nitrogens with one attached hydrogen (secondary N) is 1. The molecule has 0 fully saturated rings. The second-order valence-corrected chi connectivity index (χ2v) is 5.83. The van der Waals surface area contributed by atoms with Crippen LogP contribution in [0, 0.1) is 0 Å². The van der Waals surface area contributed by atoms with Gasteiger partial charge in [0.15, 0.2) is 0 Å². The Labute approximate surface area is 101 Å². The zero-order chi connectivity index (χ0) is 11.3. The smallest absolute Gasteiger partial charge is 0.0177 e. The molecule has 1 aromatic rings. The van der Waals surface area contributed by atoms with Crippen molar-refractivity contribution in [3.8, 4) is 0 Å². The Balaban J connectivity index is 2.26. The van der Waals surface area contributed by atoms with Gasteiger partial charge in [-0.2, -0.15) is 0 Å². The Bertz CT molecular complexity index is 302. The van der Waals surface area contributed by atoms with E-state index in [4.69, 9.17) is 0 Å². The van der Waals surface area contributed by atoms with Crippen molar-refractivity contribution in [3.63, 3.8) is 0 Å². The molecule has 0 aliphatic heterocycles. The summed E-state index contributed by atoms with van der Waals surface area (Å²) in [7, 11) is 0. The standard InChI is InChI=1S/C13H20BrN/c1-13(2,3)15-9-5-7-11-6-4-8-12(14)10-11/h4,6,8,10,15H,5,7,9H2,1-3H3. The van der Waals surface area contributed by atoms with Crippen molar-refractivity contribution in [2.24, 2.45) is 0 Å². The fourth-order valence-electron chi connectivity index (χ4n) is 1.45.